The minimum atomic E-state index is -3.53. The van der Waals surface area contributed by atoms with E-state index in [2.05, 4.69) is 34.5 Å². The molecule has 2 saturated heterocycles. The predicted molar refractivity (Wildman–Crippen MR) is 125 cm³/mol. The van der Waals surface area contributed by atoms with Gasteiger partial charge < -0.3 is 9.88 Å². The molecule has 1 aromatic carbocycles. The van der Waals surface area contributed by atoms with E-state index in [0.717, 1.165) is 24.9 Å². The molecule has 1 amide bonds. The maximum Gasteiger partial charge on any atom is 0.268 e. The number of carbonyl (C=O) groups is 1. The first-order valence-electron chi connectivity index (χ1n) is 11.7. The smallest absolute Gasteiger partial charge is 0.268 e. The molecule has 1 aromatic heterocycles. The summed E-state index contributed by atoms with van der Waals surface area (Å²) in [5.41, 5.74) is 2.67. The molecule has 1 N–H and O–H groups in total. The lowest BCUT2D eigenvalue weighted by molar-refractivity contribution is 0.0942. The van der Waals surface area contributed by atoms with Gasteiger partial charge in [-0.1, -0.05) is 37.1 Å². The summed E-state index contributed by atoms with van der Waals surface area (Å²) < 4.78 is 28.6. The van der Waals surface area contributed by atoms with Gasteiger partial charge in [0.1, 0.15) is 10.6 Å². The van der Waals surface area contributed by atoms with Crippen LogP contribution in [-0.4, -0.2) is 54.3 Å². The average molecular weight is 459 g/mol. The zero-order valence-corrected chi connectivity index (χ0v) is 19.7. The van der Waals surface area contributed by atoms with Crippen molar-refractivity contribution in [2.75, 3.05) is 26.2 Å². The number of nitrogens with one attached hydrogen (secondary N) is 1. The Morgan fingerprint density at radius 2 is 1.50 bits per heavy atom. The van der Waals surface area contributed by atoms with Crippen LogP contribution >= 0.6 is 0 Å². The van der Waals surface area contributed by atoms with E-state index in [9.17, 15) is 13.2 Å². The number of benzene rings is 1. The second-order valence-electron chi connectivity index (χ2n) is 8.97. The summed E-state index contributed by atoms with van der Waals surface area (Å²) in [6.45, 7) is 4.82. The molecule has 0 bridgehead atoms. The van der Waals surface area contributed by atoms with Crippen molar-refractivity contribution in [1.82, 2.24) is 19.1 Å². The van der Waals surface area contributed by atoms with Gasteiger partial charge in [0.2, 0.25) is 10.0 Å². The molecule has 0 spiro atoms. The number of sulfonamides is 1. The van der Waals surface area contributed by atoms with Crippen LogP contribution in [0.3, 0.4) is 0 Å². The molecule has 2 aromatic rings. The van der Waals surface area contributed by atoms with Gasteiger partial charge in [0, 0.05) is 39.4 Å². The fourth-order valence-electron chi connectivity index (χ4n) is 4.57. The maximum absolute atomic E-state index is 12.8. The molecule has 0 atom stereocenters. The summed E-state index contributed by atoms with van der Waals surface area (Å²) in [5.74, 6) is -0.274. The average Bonchev–Trinajstić information content (AvgIpc) is 3.39. The van der Waals surface area contributed by atoms with E-state index >= 15 is 0 Å². The van der Waals surface area contributed by atoms with Gasteiger partial charge in [0.15, 0.2) is 0 Å². The molecule has 0 saturated carbocycles. The van der Waals surface area contributed by atoms with Gasteiger partial charge in [-0.15, -0.1) is 0 Å². The number of rotatable bonds is 7. The van der Waals surface area contributed by atoms with Gasteiger partial charge in [-0.25, -0.2) is 8.42 Å². The number of hydrogen-bond donors (Lipinski definition) is 1. The summed E-state index contributed by atoms with van der Waals surface area (Å²) in [6.07, 6.45) is 8.53. The number of hydrogen-bond acceptors (Lipinski definition) is 4. The van der Waals surface area contributed by atoms with Gasteiger partial charge >= 0.3 is 0 Å². The predicted octanol–water partition coefficient (Wildman–Crippen LogP) is 3.12. The van der Waals surface area contributed by atoms with Crippen LogP contribution in [0.25, 0.3) is 0 Å². The van der Waals surface area contributed by atoms with Crippen LogP contribution in [-0.2, 0) is 30.2 Å². The van der Waals surface area contributed by atoms with E-state index in [-0.39, 0.29) is 10.8 Å². The molecular weight excluding hydrogens is 424 g/mol. The van der Waals surface area contributed by atoms with Crippen molar-refractivity contribution in [3.63, 3.8) is 0 Å². The van der Waals surface area contributed by atoms with Crippen LogP contribution in [0.15, 0.2) is 41.4 Å². The van der Waals surface area contributed by atoms with Gasteiger partial charge in [-0.2, -0.15) is 4.31 Å². The molecule has 2 aliphatic rings. The topological polar surface area (TPSA) is 74.6 Å². The highest BCUT2D eigenvalue weighted by Gasteiger charge is 2.29. The molecule has 0 unspecified atom stereocenters. The van der Waals surface area contributed by atoms with Gasteiger partial charge in [0.25, 0.3) is 5.91 Å². The van der Waals surface area contributed by atoms with Crippen molar-refractivity contribution in [1.29, 1.82) is 0 Å². The Bertz CT molecular complexity index is 1020. The van der Waals surface area contributed by atoms with E-state index in [4.69, 9.17) is 0 Å². The Kier molecular flexibility index (Phi) is 7.33. The molecule has 4 rings (SSSR count). The van der Waals surface area contributed by atoms with E-state index in [1.165, 1.54) is 60.9 Å². The van der Waals surface area contributed by atoms with Crippen LogP contribution in [0, 0.1) is 0 Å². The van der Waals surface area contributed by atoms with Gasteiger partial charge in [0.05, 0.1) is 0 Å². The Labute approximate surface area is 191 Å². The zero-order chi connectivity index (χ0) is 22.6. The molecule has 8 heteroatoms. The number of amides is 1. The first kappa shape index (κ1) is 23.0. The fourth-order valence-corrected chi connectivity index (χ4v) is 6.16. The Morgan fingerprint density at radius 3 is 2.16 bits per heavy atom. The Morgan fingerprint density at radius 1 is 0.906 bits per heavy atom. The zero-order valence-electron chi connectivity index (χ0n) is 18.9. The highest BCUT2D eigenvalue weighted by molar-refractivity contribution is 7.89. The van der Waals surface area contributed by atoms with Gasteiger partial charge in [-0.05, 0) is 56.0 Å². The molecule has 7 nitrogen and oxygen atoms in total. The second kappa shape index (κ2) is 10.2. The minimum absolute atomic E-state index is 0.185. The maximum atomic E-state index is 12.8. The Balaban J connectivity index is 1.34. The SMILES string of the molecule is Cn1cc(S(=O)(=O)N2CCCC2)cc1C(=O)NCc1ccc(CN2CCCCCC2)cc1. The standard InChI is InChI=1S/C24H34N4O3S/c1-26-19-22(32(30,31)28-14-6-7-15-28)16-23(26)24(29)25-17-20-8-10-21(11-9-20)18-27-12-4-2-3-5-13-27/h8-11,16,19H,2-7,12-15,17-18H2,1H3,(H,25,29). The largest absolute Gasteiger partial charge is 0.347 e. The molecule has 0 radical (unpaired) electrons. The van der Waals surface area contributed by atoms with Crippen molar-refractivity contribution in [3.8, 4) is 0 Å². The summed E-state index contributed by atoms with van der Waals surface area (Å²) in [4.78, 5) is 15.4. The van der Waals surface area contributed by atoms with Gasteiger partial charge in [-0.3, -0.25) is 9.69 Å². The molecule has 2 fully saturated rings. The van der Waals surface area contributed by atoms with Crippen LogP contribution in [0.2, 0.25) is 0 Å². The minimum Gasteiger partial charge on any atom is -0.347 e. The monoisotopic (exact) mass is 458 g/mol. The van der Waals surface area contributed by atoms with E-state index in [0.29, 0.717) is 25.3 Å². The molecular formula is C24H34N4O3S. The third-order valence-electron chi connectivity index (χ3n) is 6.50. The van der Waals surface area contributed by atoms with Crippen molar-refractivity contribution >= 4 is 15.9 Å². The summed E-state index contributed by atoms with van der Waals surface area (Å²) in [6, 6.07) is 9.86. The summed E-state index contributed by atoms with van der Waals surface area (Å²) in [5, 5.41) is 2.92. The quantitative estimate of drug-likeness (QED) is 0.692. The molecule has 2 aliphatic heterocycles. The van der Waals surface area contributed by atoms with Crippen LogP contribution in [0.1, 0.15) is 60.1 Å². The lowest BCUT2D eigenvalue weighted by Gasteiger charge is -2.19. The molecule has 0 aliphatic carbocycles. The van der Waals surface area contributed by atoms with E-state index < -0.39 is 10.0 Å². The van der Waals surface area contributed by atoms with Crippen molar-refractivity contribution in [2.45, 2.75) is 56.5 Å². The summed E-state index contributed by atoms with van der Waals surface area (Å²) in [7, 11) is -1.83. The van der Waals surface area contributed by atoms with E-state index in [1.807, 2.05) is 0 Å². The summed E-state index contributed by atoms with van der Waals surface area (Å²) >= 11 is 0. The number of aromatic nitrogens is 1. The third-order valence-corrected chi connectivity index (χ3v) is 8.36. The number of carbonyl (C=O) groups excluding carboxylic acids is 1. The molecule has 32 heavy (non-hydrogen) atoms. The lowest BCUT2D eigenvalue weighted by Crippen LogP contribution is -2.27. The highest BCUT2D eigenvalue weighted by atomic mass is 32.2. The first-order chi connectivity index (χ1) is 15.4. The fraction of sp³-hybridized carbons (Fsp3) is 0.542. The van der Waals surface area contributed by atoms with E-state index in [1.54, 1.807) is 11.6 Å². The van der Waals surface area contributed by atoms with Crippen LogP contribution < -0.4 is 5.32 Å². The second-order valence-corrected chi connectivity index (χ2v) is 10.9. The van der Waals surface area contributed by atoms with Crippen molar-refractivity contribution < 1.29 is 13.2 Å². The number of likely N-dealkylation sites (tertiary alicyclic amines) is 1. The van der Waals surface area contributed by atoms with Crippen molar-refractivity contribution in [3.05, 3.63) is 53.3 Å². The number of aryl methyl sites for hydroxylation is 1. The van der Waals surface area contributed by atoms with Crippen LogP contribution in [0.4, 0.5) is 0 Å². The lowest BCUT2D eigenvalue weighted by atomic mass is 10.1. The Hall–Kier alpha value is -2.16. The van der Waals surface area contributed by atoms with Crippen LogP contribution in [0.5, 0.6) is 0 Å². The molecule has 174 valence electrons. The number of nitrogens with zero attached hydrogens (tertiary/aromatic N) is 3. The highest BCUT2D eigenvalue weighted by Crippen LogP contribution is 2.22. The molecule has 3 heterocycles. The third kappa shape index (κ3) is 5.42. The first-order valence-corrected chi connectivity index (χ1v) is 13.1. The van der Waals surface area contributed by atoms with Crippen molar-refractivity contribution in [2.24, 2.45) is 7.05 Å². The normalized spacial score (nSPS) is 18.5.